The first kappa shape index (κ1) is 16.9. The van der Waals surface area contributed by atoms with Gasteiger partial charge in [-0.15, -0.1) is 0 Å². The maximum absolute atomic E-state index is 11.6. The molecule has 0 rings (SSSR count). The Morgan fingerprint density at radius 2 is 1.83 bits per heavy atom. The number of nitrogens with two attached hydrogens (primary N) is 1. The zero-order valence-corrected chi connectivity index (χ0v) is 11.7. The third-order valence-corrected chi connectivity index (χ3v) is 2.41. The van der Waals surface area contributed by atoms with E-state index in [1.165, 1.54) is 0 Å². The fraction of sp³-hybridized carbons (Fsp3) is 0.833. The minimum atomic E-state index is -0.648. The second kappa shape index (κ2) is 8.88. The van der Waals surface area contributed by atoms with Crippen LogP contribution in [0.3, 0.4) is 0 Å². The summed E-state index contributed by atoms with van der Waals surface area (Å²) in [4.78, 5) is 23.3. The van der Waals surface area contributed by atoms with E-state index >= 15 is 0 Å². The molecule has 0 aliphatic carbocycles. The van der Waals surface area contributed by atoms with Crippen molar-refractivity contribution in [3.8, 4) is 0 Å². The van der Waals surface area contributed by atoms with E-state index in [4.69, 9.17) is 10.5 Å². The van der Waals surface area contributed by atoms with Gasteiger partial charge in [0, 0.05) is 20.3 Å². The van der Waals surface area contributed by atoms with Crippen molar-refractivity contribution < 1.29 is 14.3 Å². The van der Waals surface area contributed by atoms with E-state index in [1.54, 1.807) is 14.0 Å². The van der Waals surface area contributed by atoms with Crippen LogP contribution < -0.4 is 16.4 Å². The van der Waals surface area contributed by atoms with E-state index in [0.717, 1.165) is 0 Å². The third-order valence-electron chi connectivity index (χ3n) is 2.41. The van der Waals surface area contributed by atoms with Crippen LogP contribution in [-0.2, 0) is 14.3 Å². The Morgan fingerprint density at radius 3 is 2.33 bits per heavy atom. The number of methoxy groups -OCH3 is 1. The van der Waals surface area contributed by atoms with Gasteiger partial charge in [-0.25, -0.2) is 0 Å². The largest absolute Gasteiger partial charge is 0.385 e. The summed E-state index contributed by atoms with van der Waals surface area (Å²) in [5.41, 5.74) is 5.65. The zero-order valence-electron chi connectivity index (χ0n) is 11.7. The second-order valence-corrected chi connectivity index (χ2v) is 4.76. The molecule has 0 spiro atoms. The first-order valence-electron chi connectivity index (χ1n) is 6.21. The summed E-state index contributed by atoms with van der Waals surface area (Å²) in [7, 11) is 1.55. The molecule has 6 heteroatoms. The Kier molecular flexibility index (Phi) is 8.32. The summed E-state index contributed by atoms with van der Waals surface area (Å²) in [5, 5.41) is 5.33. The van der Waals surface area contributed by atoms with Crippen molar-refractivity contribution in [2.75, 3.05) is 20.3 Å². The van der Waals surface area contributed by atoms with Gasteiger partial charge in [-0.2, -0.15) is 0 Å². The van der Waals surface area contributed by atoms with Crippen LogP contribution >= 0.6 is 0 Å². The molecule has 0 aromatic heterocycles. The maximum Gasteiger partial charge on any atom is 0.242 e. The summed E-state index contributed by atoms with van der Waals surface area (Å²) in [6.45, 7) is 6.66. The molecule has 0 aromatic carbocycles. The van der Waals surface area contributed by atoms with Gasteiger partial charge < -0.3 is 21.1 Å². The number of hydrogen-bond donors (Lipinski definition) is 3. The second-order valence-electron chi connectivity index (χ2n) is 4.76. The van der Waals surface area contributed by atoms with Crippen LogP contribution in [0.1, 0.15) is 27.2 Å². The molecule has 0 saturated carbocycles. The SMILES string of the molecule is COCCC(N)C(=O)NC(C)C(=O)NCC(C)C. The highest BCUT2D eigenvalue weighted by atomic mass is 16.5. The minimum Gasteiger partial charge on any atom is -0.385 e. The maximum atomic E-state index is 11.6. The standard InChI is InChI=1S/C12H25N3O3/c1-8(2)7-14-11(16)9(3)15-12(17)10(13)5-6-18-4/h8-10H,5-7,13H2,1-4H3,(H,14,16)(H,15,17). The molecule has 2 unspecified atom stereocenters. The number of ether oxygens (including phenoxy) is 1. The molecule has 0 heterocycles. The number of hydrogen-bond acceptors (Lipinski definition) is 4. The number of nitrogens with one attached hydrogen (secondary N) is 2. The molecule has 6 nitrogen and oxygen atoms in total. The molecule has 0 bridgehead atoms. The van der Waals surface area contributed by atoms with Crippen molar-refractivity contribution in [1.82, 2.24) is 10.6 Å². The normalized spacial score (nSPS) is 14.1. The van der Waals surface area contributed by atoms with Gasteiger partial charge in [0.15, 0.2) is 0 Å². The zero-order chi connectivity index (χ0) is 14.1. The molecule has 0 radical (unpaired) electrons. The lowest BCUT2D eigenvalue weighted by Crippen LogP contribution is -2.50. The number of rotatable bonds is 8. The van der Waals surface area contributed by atoms with E-state index in [1.807, 2.05) is 13.8 Å². The lowest BCUT2D eigenvalue weighted by atomic mass is 10.2. The molecule has 18 heavy (non-hydrogen) atoms. The van der Waals surface area contributed by atoms with Crippen LogP contribution in [0, 0.1) is 5.92 Å². The van der Waals surface area contributed by atoms with Crippen molar-refractivity contribution >= 4 is 11.8 Å². The monoisotopic (exact) mass is 259 g/mol. The van der Waals surface area contributed by atoms with Gasteiger partial charge in [-0.05, 0) is 19.3 Å². The lowest BCUT2D eigenvalue weighted by Gasteiger charge is -2.17. The average Bonchev–Trinajstić information content (AvgIpc) is 2.32. The summed E-state index contributed by atoms with van der Waals surface area (Å²) in [6.07, 6.45) is 0.433. The fourth-order valence-electron chi connectivity index (χ4n) is 1.22. The molecule has 4 N–H and O–H groups in total. The quantitative estimate of drug-likeness (QED) is 0.554. The van der Waals surface area contributed by atoms with Crippen LogP contribution in [0.25, 0.3) is 0 Å². The van der Waals surface area contributed by atoms with Gasteiger partial charge in [-0.1, -0.05) is 13.8 Å². The molecule has 2 amide bonds. The van der Waals surface area contributed by atoms with Crippen LogP contribution in [-0.4, -0.2) is 44.2 Å². The van der Waals surface area contributed by atoms with E-state index in [2.05, 4.69) is 10.6 Å². The van der Waals surface area contributed by atoms with E-state index < -0.39 is 12.1 Å². The molecule has 0 saturated heterocycles. The first-order chi connectivity index (χ1) is 8.38. The number of carbonyl (C=O) groups is 2. The summed E-state index contributed by atoms with van der Waals surface area (Å²) < 4.78 is 4.84. The Hall–Kier alpha value is -1.14. The van der Waals surface area contributed by atoms with Crippen molar-refractivity contribution in [3.05, 3.63) is 0 Å². The highest BCUT2D eigenvalue weighted by Gasteiger charge is 2.19. The Labute approximate surface area is 109 Å². The van der Waals surface area contributed by atoms with Crippen LogP contribution in [0.5, 0.6) is 0 Å². The van der Waals surface area contributed by atoms with Gasteiger partial charge in [0.2, 0.25) is 11.8 Å². The highest BCUT2D eigenvalue weighted by Crippen LogP contribution is 1.93. The molecule has 0 fully saturated rings. The van der Waals surface area contributed by atoms with Crippen molar-refractivity contribution in [2.45, 2.75) is 39.3 Å². The average molecular weight is 259 g/mol. The molecular weight excluding hydrogens is 234 g/mol. The molecule has 0 aliphatic rings. The molecule has 0 aliphatic heterocycles. The number of amides is 2. The Bertz CT molecular complexity index is 269. The smallest absolute Gasteiger partial charge is 0.242 e. The van der Waals surface area contributed by atoms with E-state index in [-0.39, 0.29) is 11.8 Å². The van der Waals surface area contributed by atoms with Crippen LogP contribution in [0.2, 0.25) is 0 Å². The topological polar surface area (TPSA) is 93.4 Å². The summed E-state index contributed by atoms with van der Waals surface area (Å²) >= 11 is 0. The van der Waals surface area contributed by atoms with Crippen molar-refractivity contribution in [3.63, 3.8) is 0 Å². The van der Waals surface area contributed by atoms with Crippen LogP contribution in [0.15, 0.2) is 0 Å². The highest BCUT2D eigenvalue weighted by molar-refractivity contribution is 5.89. The predicted molar refractivity (Wildman–Crippen MR) is 69.9 cm³/mol. The van der Waals surface area contributed by atoms with E-state index in [0.29, 0.717) is 25.5 Å². The predicted octanol–water partition coefficient (Wildman–Crippen LogP) is -0.373. The Morgan fingerprint density at radius 1 is 1.22 bits per heavy atom. The lowest BCUT2D eigenvalue weighted by molar-refractivity contribution is -0.129. The summed E-state index contributed by atoms with van der Waals surface area (Å²) in [6, 6.07) is -1.23. The van der Waals surface area contributed by atoms with Crippen molar-refractivity contribution in [2.24, 2.45) is 11.7 Å². The van der Waals surface area contributed by atoms with E-state index in [9.17, 15) is 9.59 Å². The van der Waals surface area contributed by atoms with Crippen LogP contribution in [0.4, 0.5) is 0 Å². The molecule has 106 valence electrons. The molecular formula is C12H25N3O3. The van der Waals surface area contributed by atoms with Gasteiger partial charge >= 0.3 is 0 Å². The van der Waals surface area contributed by atoms with Gasteiger partial charge in [0.1, 0.15) is 6.04 Å². The fourth-order valence-corrected chi connectivity index (χ4v) is 1.22. The van der Waals surface area contributed by atoms with Gasteiger partial charge in [-0.3, -0.25) is 9.59 Å². The minimum absolute atomic E-state index is 0.198. The van der Waals surface area contributed by atoms with Crippen molar-refractivity contribution in [1.29, 1.82) is 0 Å². The molecule has 0 aromatic rings. The Balaban J connectivity index is 4.01. The number of carbonyl (C=O) groups excluding carboxylic acids is 2. The molecule has 2 atom stereocenters. The third kappa shape index (κ3) is 7.24. The summed E-state index contributed by atoms with van der Waals surface area (Å²) in [5.74, 6) is -0.156. The van der Waals surface area contributed by atoms with Gasteiger partial charge in [0.05, 0.1) is 6.04 Å². The van der Waals surface area contributed by atoms with Gasteiger partial charge in [0.25, 0.3) is 0 Å². The first-order valence-corrected chi connectivity index (χ1v) is 6.21.